The van der Waals surface area contributed by atoms with E-state index in [1.54, 1.807) is 0 Å². The Balaban J connectivity index is 1.69. The number of hydrogen-bond donors (Lipinski definition) is 2. The Bertz CT molecular complexity index is 818. The van der Waals surface area contributed by atoms with E-state index in [0.717, 1.165) is 56.6 Å². The van der Waals surface area contributed by atoms with Crippen LogP contribution in [-0.2, 0) is 6.54 Å². The fourth-order valence-corrected chi connectivity index (χ4v) is 5.26. The predicted molar refractivity (Wildman–Crippen MR) is 113 cm³/mol. The molecule has 6 heteroatoms. The van der Waals surface area contributed by atoms with Crippen molar-refractivity contribution in [3.63, 3.8) is 0 Å². The molecule has 4 rings (SSSR count). The van der Waals surface area contributed by atoms with Crippen LogP contribution in [0.1, 0.15) is 18.4 Å². The highest BCUT2D eigenvalue weighted by Crippen LogP contribution is 2.41. The van der Waals surface area contributed by atoms with Crippen molar-refractivity contribution in [3.8, 4) is 0 Å². The Labute approximate surface area is 165 Å². The van der Waals surface area contributed by atoms with Crippen molar-refractivity contribution >= 4 is 56.5 Å². The van der Waals surface area contributed by atoms with Crippen molar-refractivity contribution in [2.24, 2.45) is 4.99 Å². The topological polar surface area (TPSA) is 36.4 Å². The van der Waals surface area contributed by atoms with Gasteiger partial charge in [-0.3, -0.25) is 4.99 Å². The highest BCUT2D eigenvalue weighted by molar-refractivity contribution is 9.10. The summed E-state index contributed by atoms with van der Waals surface area (Å²) in [5.74, 6) is 3.33. The molecule has 1 fully saturated rings. The number of nitrogens with zero attached hydrogens (tertiary/aromatic N) is 1. The molecule has 2 aliphatic rings. The van der Waals surface area contributed by atoms with E-state index in [-0.39, 0.29) is 5.54 Å². The van der Waals surface area contributed by atoms with Crippen molar-refractivity contribution in [2.75, 3.05) is 22.1 Å². The van der Waals surface area contributed by atoms with Crippen LogP contribution in [-0.4, -0.2) is 22.9 Å². The second kappa shape index (κ2) is 7.22. The monoisotopic (exact) mass is 435 g/mol. The van der Waals surface area contributed by atoms with Gasteiger partial charge in [0.1, 0.15) is 5.84 Å². The van der Waals surface area contributed by atoms with E-state index in [2.05, 4.69) is 50.8 Å². The van der Waals surface area contributed by atoms with Gasteiger partial charge in [-0.05, 0) is 70.1 Å². The van der Waals surface area contributed by atoms with Crippen LogP contribution in [0, 0.1) is 0 Å². The minimum absolute atomic E-state index is 0.0996. The molecule has 0 bridgehead atoms. The number of aliphatic imine (C=N–C) groups is 1. The summed E-state index contributed by atoms with van der Waals surface area (Å²) >= 11 is 11.8. The van der Waals surface area contributed by atoms with Gasteiger partial charge in [0.15, 0.2) is 0 Å². The number of benzene rings is 2. The second-order valence-corrected chi connectivity index (χ2v) is 8.92. The molecule has 2 N–H and O–H groups in total. The summed E-state index contributed by atoms with van der Waals surface area (Å²) in [5, 5.41) is 8.15. The largest absolute Gasteiger partial charge is 0.371 e. The summed E-state index contributed by atoms with van der Waals surface area (Å²) in [5.41, 5.74) is 3.23. The number of hydrogen-bond acceptors (Lipinski definition) is 3. The van der Waals surface area contributed by atoms with Crippen LogP contribution in [0.5, 0.6) is 0 Å². The Morgan fingerprint density at radius 1 is 1.16 bits per heavy atom. The Morgan fingerprint density at radius 2 is 1.96 bits per heavy atom. The van der Waals surface area contributed by atoms with E-state index < -0.39 is 0 Å². The molecule has 2 aliphatic heterocycles. The SMILES string of the molecule is Clc1cccc(CN=C2Nc3c(Br)cccc3NC23CCSCC3)c1. The molecule has 0 atom stereocenters. The second-order valence-electron chi connectivity index (χ2n) is 6.40. The lowest BCUT2D eigenvalue weighted by molar-refractivity contribution is 0.559. The van der Waals surface area contributed by atoms with Crippen LogP contribution >= 0.6 is 39.3 Å². The molecule has 1 saturated heterocycles. The number of rotatable bonds is 2. The Kier molecular flexibility index (Phi) is 4.98. The van der Waals surface area contributed by atoms with Gasteiger partial charge in [-0.15, -0.1) is 0 Å². The number of amidine groups is 1. The molecule has 2 aromatic carbocycles. The molecule has 0 aromatic heterocycles. The number of thioether (sulfide) groups is 1. The lowest BCUT2D eigenvalue weighted by Gasteiger charge is -2.44. The molecule has 0 unspecified atom stereocenters. The summed E-state index contributed by atoms with van der Waals surface area (Å²) in [6.07, 6.45) is 2.15. The zero-order valence-corrected chi connectivity index (χ0v) is 16.8. The minimum Gasteiger partial charge on any atom is -0.371 e. The maximum atomic E-state index is 6.11. The molecule has 0 saturated carbocycles. The number of para-hydroxylation sites is 1. The van der Waals surface area contributed by atoms with Gasteiger partial charge in [-0.1, -0.05) is 29.8 Å². The number of halogens is 2. The van der Waals surface area contributed by atoms with Crippen molar-refractivity contribution < 1.29 is 0 Å². The summed E-state index contributed by atoms with van der Waals surface area (Å²) < 4.78 is 1.05. The van der Waals surface area contributed by atoms with Crippen LogP contribution < -0.4 is 10.6 Å². The molecular formula is C19H19BrClN3S. The average Bonchev–Trinajstić information content (AvgIpc) is 2.61. The smallest absolute Gasteiger partial charge is 0.127 e. The Morgan fingerprint density at radius 3 is 2.76 bits per heavy atom. The van der Waals surface area contributed by atoms with E-state index in [4.69, 9.17) is 16.6 Å². The van der Waals surface area contributed by atoms with Gasteiger partial charge < -0.3 is 10.6 Å². The van der Waals surface area contributed by atoms with Crippen LogP contribution in [0.15, 0.2) is 51.9 Å². The van der Waals surface area contributed by atoms with Crippen LogP contribution in [0.4, 0.5) is 11.4 Å². The fraction of sp³-hybridized carbons (Fsp3) is 0.316. The fourth-order valence-electron chi connectivity index (χ4n) is 3.39. The van der Waals surface area contributed by atoms with Gasteiger partial charge in [-0.25, -0.2) is 0 Å². The molecular weight excluding hydrogens is 418 g/mol. The zero-order valence-electron chi connectivity index (χ0n) is 13.7. The normalized spacial score (nSPS) is 20.0. The van der Waals surface area contributed by atoms with Gasteiger partial charge in [0, 0.05) is 9.50 Å². The van der Waals surface area contributed by atoms with Gasteiger partial charge in [0.25, 0.3) is 0 Å². The number of fused-ring (bicyclic) bond motifs is 1. The summed E-state index contributed by atoms with van der Waals surface area (Å²) in [6, 6.07) is 14.2. The molecule has 0 radical (unpaired) electrons. The summed E-state index contributed by atoms with van der Waals surface area (Å²) in [6.45, 7) is 0.624. The molecule has 3 nitrogen and oxygen atoms in total. The maximum Gasteiger partial charge on any atom is 0.127 e. The van der Waals surface area contributed by atoms with Crippen LogP contribution in [0.25, 0.3) is 0 Å². The molecule has 25 heavy (non-hydrogen) atoms. The lowest BCUT2D eigenvalue weighted by Crippen LogP contribution is -2.54. The van der Waals surface area contributed by atoms with Gasteiger partial charge >= 0.3 is 0 Å². The summed E-state index contributed by atoms with van der Waals surface area (Å²) in [7, 11) is 0. The standard InChI is InChI=1S/C19H19BrClN3S/c20-15-5-2-6-16-17(15)23-18(19(24-16)7-9-25-10-8-19)22-12-13-3-1-4-14(21)11-13/h1-6,11,24H,7-10,12H2,(H,22,23). The van der Waals surface area contributed by atoms with E-state index in [9.17, 15) is 0 Å². The Hall–Kier alpha value is -1.17. The number of nitrogens with one attached hydrogen (secondary N) is 2. The quantitative estimate of drug-likeness (QED) is 0.624. The minimum atomic E-state index is -0.0996. The first-order valence-electron chi connectivity index (χ1n) is 8.37. The van der Waals surface area contributed by atoms with E-state index in [1.165, 1.54) is 0 Å². The number of anilines is 2. The molecule has 1 spiro atoms. The zero-order chi connectivity index (χ0) is 17.3. The predicted octanol–water partition coefficient (Wildman–Crippen LogP) is 5.80. The van der Waals surface area contributed by atoms with Crippen LogP contribution in [0.3, 0.4) is 0 Å². The molecule has 0 aliphatic carbocycles. The molecule has 0 amide bonds. The van der Waals surface area contributed by atoms with E-state index in [1.807, 2.05) is 30.0 Å². The highest BCUT2D eigenvalue weighted by Gasteiger charge is 2.41. The summed E-state index contributed by atoms with van der Waals surface area (Å²) in [4.78, 5) is 4.97. The van der Waals surface area contributed by atoms with Gasteiger partial charge in [0.2, 0.25) is 0 Å². The van der Waals surface area contributed by atoms with Gasteiger partial charge in [-0.2, -0.15) is 11.8 Å². The van der Waals surface area contributed by atoms with Crippen molar-refractivity contribution in [1.82, 2.24) is 0 Å². The van der Waals surface area contributed by atoms with Crippen molar-refractivity contribution in [2.45, 2.75) is 24.9 Å². The van der Waals surface area contributed by atoms with Crippen molar-refractivity contribution in [3.05, 3.63) is 57.5 Å². The lowest BCUT2D eigenvalue weighted by atomic mass is 9.87. The van der Waals surface area contributed by atoms with Crippen molar-refractivity contribution in [1.29, 1.82) is 0 Å². The maximum absolute atomic E-state index is 6.11. The first-order chi connectivity index (χ1) is 12.2. The first-order valence-corrected chi connectivity index (χ1v) is 10.7. The average molecular weight is 437 g/mol. The molecule has 2 heterocycles. The third-order valence-electron chi connectivity index (χ3n) is 4.74. The first kappa shape index (κ1) is 17.3. The molecule has 130 valence electrons. The third-order valence-corrected chi connectivity index (χ3v) is 6.62. The van der Waals surface area contributed by atoms with Crippen LogP contribution in [0.2, 0.25) is 5.02 Å². The van der Waals surface area contributed by atoms with E-state index >= 15 is 0 Å². The molecule has 2 aromatic rings. The highest BCUT2D eigenvalue weighted by atomic mass is 79.9. The third kappa shape index (κ3) is 3.55. The van der Waals surface area contributed by atoms with E-state index in [0.29, 0.717) is 6.54 Å². The van der Waals surface area contributed by atoms with Gasteiger partial charge in [0.05, 0.1) is 23.5 Å².